The molecule has 9 nitrogen and oxygen atoms in total. The number of nitrogens with zero attached hydrogens (tertiary/aromatic N) is 5. The minimum absolute atomic E-state index is 0.00188. The zero-order chi connectivity index (χ0) is 20.4. The predicted octanol–water partition coefficient (Wildman–Crippen LogP) is 2.06. The fourth-order valence-corrected chi connectivity index (χ4v) is 3.94. The van der Waals surface area contributed by atoms with E-state index in [1.807, 2.05) is 4.90 Å². The summed E-state index contributed by atoms with van der Waals surface area (Å²) in [5.74, 6) is 0.572. The lowest BCUT2D eigenvalue weighted by molar-refractivity contribution is -0.149. The maximum Gasteiger partial charge on any atom is 0.307 e. The number of anilines is 2. The number of piperidine rings is 1. The maximum absolute atomic E-state index is 12.9. The molecular weight excluding hydrogens is 372 g/mol. The van der Waals surface area contributed by atoms with Gasteiger partial charge in [-0.05, 0) is 32.8 Å². The van der Waals surface area contributed by atoms with Gasteiger partial charge >= 0.3 is 5.97 Å². The third-order valence-corrected chi connectivity index (χ3v) is 5.57. The van der Waals surface area contributed by atoms with Gasteiger partial charge in [0.25, 0.3) is 0 Å². The van der Waals surface area contributed by atoms with Crippen LogP contribution in [0.5, 0.6) is 0 Å². The Morgan fingerprint density at radius 2 is 1.93 bits per heavy atom. The fraction of sp³-hybridized carbons (Fsp3) is 0.500. The van der Waals surface area contributed by atoms with E-state index in [0.29, 0.717) is 24.9 Å². The summed E-state index contributed by atoms with van der Waals surface area (Å²) in [6.45, 7) is 4.87. The molecule has 0 aliphatic carbocycles. The summed E-state index contributed by atoms with van der Waals surface area (Å²) in [4.78, 5) is 43.6. The van der Waals surface area contributed by atoms with Gasteiger partial charge in [0.2, 0.25) is 11.9 Å². The van der Waals surface area contributed by atoms with E-state index in [4.69, 9.17) is 4.74 Å². The maximum atomic E-state index is 12.9. The minimum atomic E-state index is -0.740. The number of aromatic nitrogens is 4. The minimum Gasteiger partial charge on any atom is -0.459 e. The van der Waals surface area contributed by atoms with Gasteiger partial charge in [-0.1, -0.05) is 0 Å². The Morgan fingerprint density at radius 3 is 2.59 bits per heavy atom. The normalized spacial score (nSPS) is 21.7. The molecule has 0 saturated carbocycles. The second kappa shape index (κ2) is 7.73. The molecule has 0 unspecified atom stereocenters. The number of hydrogen-bond donors (Lipinski definition) is 1. The van der Waals surface area contributed by atoms with Gasteiger partial charge in [0.15, 0.2) is 5.82 Å². The highest BCUT2D eigenvalue weighted by atomic mass is 16.6. The summed E-state index contributed by atoms with van der Waals surface area (Å²) in [7, 11) is 0. The summed E-state index contributed by atoms with van der Waals surface area (Å²) in [6.07, 6.45) is 8.48. The third-order valence-electron chi connectivity index (χ3n) is 5.57. The standard InChI is InChI=1S/C20H24N6O3/c1-20(2)14(10-17(27)29-20)18(28)26-8-4-13(5-9-26)15-11-21-12-16(24-15)25-19-22-6-3-7-23-19/h3,6-7,11-14H,4-5,8-10H2,1-2H3,(H,22,23,24,25)/t14-/m0/s1. The van der Waals surface area contributed by atoms with Gasteiger partial charge in [-0.15, -0.1) is 0 Å². The molecule has 0 radical (unpaired) electrons. The van der Waals surface area contributed by atoms with Crippen molar-refractivity contribution in [2.24, 2.45) is 5.92 Å². The van der Waals surface area contributed by atoms with Crippen LogP contribution in [0, 0.1) is 5.92 Å². The Labute approximate surface area is 168 Å². The molecule has 2 fully saturated rings. The average Bonchev–Trinajstić information content (AvgIpc) is 3.00. The van der Waals surface area contributed by atoms with E-state index in [1.165, 1.54) is 0 Å². The highest BCUT2D eigenvalue weighted by molar-refractivity contribution is 5.87. The smallest absolute Gasteiger partial charge is 0.307 e. The van der Waals surface area contributed by atoms with Crippen molar-refractivity contribution >= 4 is 23.6 Å². The van der Waals surface area contributed by atoms with Gasteiger partial charge in [-0.25, -0.2) is 15.0 Å². The van der Waals surface area contributed by atoms with Crippen molar-refractivity contribution in [3.63, 3.8) is 0 Å². The molecule has 1 atom stereocenters. The van der Waals surface area contributed by atoms with Gasteiger partial charge in [0, 0.05) is 37.6 Å². The number of ether oxygens (including phenoxy) is 1. The van der Waals surface area contributed by atoms with Crippen LogP contribution in [0.15, 0.2) is 30.9 Å². The van der Waals surface area contributed by atoms with E-state index >= 15 is 0 Å². The van der Waals surface area contributed by atoms with E-state index < -0.39 is 11.5 Å². The number of carbonyl (C=O) groups excluding carboxylic acids is 2. The summed E-state index contributed by atoms with van der Waals surface area (Å²) in [6, 6.07) is 1.75. The summed E-state index contributed by atoms with van der Waals surface area (Å²) >= 11 is 0. The van der Waals surface area contributed by atoms with Crippen molar-refractivity contribution in [2.45, 2.75) is 44.6 Å². The highest BCUT2D eigenvalue weighted by Crippen LogP contribution is 2.35. The fourth-order valence-electron chi connectivity index (χ4n) is 3.94. The van der Waals surface area contributed by atoms with Crippen LogP contribution in [-0.4, -0.2) is 55.4 Å². The Bertz CT molecular complexity index is 896. The number of nitrogens with one attached hydrogen (secondary N) is 1. The molecule has 1 N–H and O–H groups in total. The predicted molar refractivity (Wildman–Crippen MR) is 104 cm³/mol. The Morgan fingerprint density at radius 1 is 1.21 bits per heavy atom. The van der Waals surface area contributed by atoms with Crippen molar-refractivity contribution in [3.8, 4) is 0 Å². The number of hydrogen-bond acceptors (Lipinski definition) is 8. The van der Waals surface area contributed by atoms with Gasteiger partial charge in [0.1, 0.15) is 5.60 Å². The van der Waals surface area contributed by atoms with Crippen LogP contribution in [0.4, 0.5) is 11.8 Å². The number of likely N-dealkylation sites (tertiary alicyclic amines) is 1. The lowest BCUT2D eigenvalue weighted by Gasteiger charge is -2.35. The number of cyclic esters (lactones) is 1. The molecule has 0 bridgehead atoms. The molecule has 152 valence electrons. The molecular formula is C20H24N6O3. The second-order valence-electron chi connectivity index (χ2n) is 7.96. The Balaban J connectivity index is 1.38. The molecule has 2 aliphatic rings. The molecule has 0 aromatic carbocycles. The van der Waals surface area contributed by atoms with Crippen molar-refractivity contribution in [2.75, 3.05) is 18.4 Å². The number of amides is 1. The first-order chi connectivity index (χ1) is 13.9. The van der Waals surface area contributed by atoms with E-state index in [9.17, 15) is 9.59 Å². The summed E-state index contributed by atoms with van der Waals surface area (Å²) in [5, 5.41) is 3.05. The van der Waals surface area contributed by atoms with E-state index in [2.05, 4.69) is 25.3 Å². The van der Waals surface area contributed by atoms with Crippen LogP contribution in [-0.2, 0) is 14.3 Å². The number of rotatable bonds is 4. The van der Waals surface area contributed by atoms with E-state index in [1.54, 1.807) is 44.7 Å². The molecule has 2 saturated heterocycles. The van der Waals surface area contributed by atoms with E-state index in [0.717, 1.165) is 18.5 Å². The van der Waals surface area contributed by atoms with Gasteiger partial charge < -0.3 is 15.0 Å². The molecule has 2 aliphatic heterocycles. The largest absolute Gasteiger partial charge is 0.459 e. The Kier molecular flexibility index (Phi) is 5.12. The molecule has 2 aromatic rings. The topological polar surface area (TPSA) is 110 Å². The van der Waals surface area contributed by atoms with E-state index in [-0.39, 0.29) is 24.2 Å². The van der Waals surface area contributed by atoms with Gasteiger partial charge in [-0.3, -0.25) is 14.6 Å². The average molecular weight is 396 g/mol. The lowest BCUT2D eigenvalue weighted by Crippen LogP contribution is -2.46. The first-order valence-corrected chi connectivity index (χ1v) is 9.79. The van der Waals surface area contributed by atoms with Crippen molar-refractivity contribution in [3.05, 3.63) is 36.5 Å². The molecule has 9 heteroatoms. The lowest BCUT2D eigenvalue weighted by atomic mass is 9.87. The molecule has 4 heterocycles. The molecule has 29 heavy (non-hydrogen) atoms. The van der Waals surface area contributed by atoms with Crippen LogP contribution in [0.2, 0.25) is 0 Å². The van der Waals surface area contributed by atoms with Crippen LogP contribution in [0.1, 0.15) is 44.7 Å². The Hall–Kier alpha value is -3.10. The zero-order valence-electron chi connectivity index (χ0n) is 16.5. The summed E-state index contributed by atoms with van der Waals surface area (Å²) in [5.41, 5.74) is 0.147. The SMILES string of the molecule is CC1(C)OC(=O)C[C@H]1C(=O)N1CCC(c2cncc(Nc3ncccn3)n2)CC1. The van der Waals surface area contributed by atoms with Crippen LogP contribution >= 0.6 is 0 Å². The first-order valence-electron chi connectivity index (χ1n) is 9.79. The van der Waals surface area contributed by atoms with Crippen molar-refractivity contribution in [1.82, 2.24) is 24.8 Å². The van der Waals surface area contributed by atoms with Crippen LogP contribution in [0.3, 0.4) is 0 Å². The second-order valence-corrected chi connectivity index (χ2v) is 7.96. The highest BCUT2D eigenvalue weighted by Gasteiger charge is 2.47. The first kappa shape index (κ1) is 19.2. The monoisotopic (exact) mass is 396 g/mol. The molecule has 2 aromatic heterocycles. The quantitative estimate of drug-likeness (QED) is 0.782. The number of esters is 1. The van der Waals surface area contributed by atoms with Gasteiger partial charge in [0.05, 0.1) is 24.2 Å². The van der Waals surface area contributed by atoms with Crippen LogP contribution in [0.25, 0.3) is 0 Å². The third kappa shape index (κ3) is 4.18. The zero-order valence-corrected chi connectivity index (χ0v) is 16.5. The van der Waals surface area contributed by atoms with Gasteiger partial charge in [-0.2, -0.15) is 0 Å². The summed E-state index contributed by atoms with van der Waals surface area (Å²) < 4.78 is 5.30. The molecule has 1 amide bonds. The molecule has 0 spiro atoms. The van der Waals surface area contributed by atoms with Crippen molar-refractivity contribution in [1.29, 1.82) is 0 Å². The van der Waals surface area contributed by atoms with Crippen molar-refractivity contribution < 1.29 is 14.3 Å². The van der Waals surface area contributed by atoms with Crippen LogP contribution < -0.4 is 5.32 Å². The number of carbonyl (C=O) groups is 2. The molecule has 4 rings (SSSR count).